The number of carbonyl (C=O) groups is 4. The molecule has 1 fully saturated rings. The Hall–Kier alpha value is -6.01. The van der Waals surface area contributed by atoms with E-state index in [0.29, 0.717) is 12.3 Å². The molecule has 6 rings (SSSR count). The van der Waals surface area contributed by atoms with Gasteiger partial charge in [-0.15, -0.1) is 0 Å². The standard InChI is InChI=1S/C23H29N3O4.C21H24N2O7S/c1-25-12-13-26(2)20(15-25)23(29)24-19(14-22(27)28)17-10-8-16(9-11-17)18-6-4-5-7-21(18)30-3;1-29-18-8-7-16(12-19(18)30-2)31(27,28)23-13-15-6-4-3-5-14(15)11-17(23)21(26)22-10-9-20(24)25/h4-11,19-20H,12-15H2,1-3H3,(H,24,29)(H,27,28);3-8,12,17H,9-11,13H2,1-2H3,(H,22,26)(H,24,25)/t;17-/m.0/s1. The van der Waals surface area contributed by atoms with Crippen LogP contribution in [-0.4, -0.2) is 130 Å². The molecule has 2 aliphatic rings. The predicted octanol–water partition coefficient (Wildman–Crippen LogP) is 3.65. The second-order valence-electron chi connectivity index (χ2n) is 14.7. The summed E-state index contributed by atoms with van der Waals surface area (Å²) in [5.74, 6) is -1.29. The highest BCUT2D eigenvalue weighted by Crippen LogP contribution is 2.34. The number of fused-ring (bicyclic) bond motifs is 1. The molecule has 0 spiro atoms. The van der Waals surface area contributed by atoms with E-state index < -0.39 is 40.0 Å². The van der Waals surface area contributed by atoms with E-state index in [-0.39, 0.29) is 54.9 Å². The summed E-state index contributed by atoms with van der Waals surface area (Å²) < 4.78 is 44.0. The number of likely N-dealkylation sites (N-methyl/N-ethyl adjacent to an activating group) is 2. The maximum Gasteiger partial charge on any atom is 0.305 e. The van der Waals surface area contributed by atoms with Gasteiger partial charge in [-0.1, -0.05) is 66.7 Å². The maximum absolute atomic E-state index is 13.5. The lowest BCUT2D eigenvalue weighted by molar-refractivity contribution is -0.139. The Morgan fingerprint density at radius 1 is 0.754 bits per heavy atom. The number of rotatable bonds is 15. The molecule has 2 amide bonds. The van der Waals surface area contributed by atoms with Gasteiger partial charge in [0, 0.05) is 44.4 Å². The Balaban J connectivity index is 0.000000231. The molecule has 4 aromatic carbocycles. The summed E-state index contributed by atoms with van der Waals surface area (Å²) in [5, 5.41) is 23.7. The normalized spacial score (nSPS) is 17.4. The van der Waals surface area contributed by atoms with Crippen LogP contribution < -0.4 is 24.8 Å². The highest BCUT2D eigenvalue weighted by atomic mass is 32.2. The van der Waals surface area contributed by atoms with Gasteiger partial charge in [0.15, 0.2) is 11.5 Å². The van der Waals surface area contributed by atoms with Crippen LogP contribution in [-0.2, 0) is 42.2 Å². The minimum Gasteiger partial charge on any atom is -0.496 e. The minimum absolute atomic E-state index is 0.0177. The lowest BCUT2D eigenvalue weighted by Gasteiger charge is -2.37. The van der Waals surface area contributed by atoms with Crippen molar-refractivity contribution in [3.63, 3.8) is 0 Å². The second-order valence-corrected chi connectivity index (χ2v) is 16.6. The van der Waals surface area contributed by atoms with Crippen molar-refractivity contribution in [1.82, 2.24) is 24.7 Å². The molecular weight excluding hydrogens is 807 g/mol. The quantitative estimate of drug-likeness (QED) is 0.135. The molecule has 0 radical (unpaired) electrons. The number of sulfonamides is 1. The highest BCUT2D eigenvalue weighted by Gasteiger charge is 2.40. The molecule has 2 aliphatic heterocycles. The molecule has 326 valence electrons. The van der Waals surface area contributed by atoms with Crippen LogP contribution in [0.3, 0.4) is 0 Å². The van der Waals surface area contributed by atoms with Crippen LogP contribution in [0.5, 0.6) is 17.2 Å². The monoisotopic (exact) mass is 859 g/mol. The average molecular weight is 860 g/mol. The van der Waals surface area contributed by atoms with E-state index in [4.69, 9.17) is 19.3 Å². The third kappa shape index (κ3) is 11.6. The second kappa shape index (κ2) is 21.0. The fourth-order valence-corrected chi connectivity index (χ4v) is 8.85. The fourth-order valence-electron chi connectivity index (χ4n) is 7.26. The Kier molecular flexibility index (Phi) is 15.8. The first kappa shape index (κ1) is 46.1. The Labute approximate surface area is 356 Å². The van der Waals surface area contributed by atoms with Gasteiger partial charge in [-0.25, -0.2) is 8.42 Å². The molecule has 61 heavy (non-hydrogen) atoms. The number of piperazine rings is 1. The van der Waals surface area contributed by atoms with Crippen molar-refractivity contribution in [3.05, 3.63) is 108 Å². The smallest absolute Gasteiger partial charge is 0.305 e. The minimum atomic E-state index is -4.08. The summed E-state index contributed by atoms with van der Waals surface area (Å²) in [6, 6.07) is 25.0. The number of ether oxygens (including phenoxy) is 3. The van der Waals surface area contributed by atoms with Crippen LogP contribution in [0, 0.1) is 0 Å². The third-order valence-corrected chi connectivity index (χ3v) is 12.5. The number of aliphatic carboxylic acids is 2. The molecule has 1 saturated heterocycles. The first-order chi connectivity index (χ1) is 29.2. The largest absolute Gasteiger partial charge is 0.496 e. The summed E-state index contributed by atoms with van der Waals surface area (Å²) in [5.41, 5.74) is 4.36. The van der Waals surface area contributed by atoms with Gasteiger partial charge in [-0.05, 0) is 61.0 Å². The number of hydrogen-bond donors (Lipinski definition) is 4. The summed E-state index contributed by atoms with van der Waals surface area (Å²) >= 11 is 0. The van der Waals surface area contributed by atoms with Crippen LogP contribution in [0.1, 0.15) is 35.6 Å². The third-order valence-electron chi connectivity index (χ3n) is 10.7. The summed E-state index contributed by atoms with van der Waals surface area (Å²) in [7, 11) is 4.32. The van der Waals surface area contributed by atoms with Gasteiger partial charge in [0.05, 0.1) is 45.1 Å². The van der Waals surface area contributed by atoms with Crippen molar-refractivity contribution >= 4 is 33.8 Å². The van der Waals surface area contributed by atoms with Crippen LogP contribution >= 0.6 is 0 Å². The number of amides is 2. The van der Waals surface area contributed by atoms with Crippen molar-refractivity contribution in [2.24, 2.45) is 0 Å². The SMILES string of the molecule is COc1ccc(S(=O)(=O)N2Cc3ccccc3C[C@H]2C(=O)NCCC(=O)O)cc1OC.COc1ccccc1-c1ccc(C(CC(=O)O)NC(=O)C2CN(C)CCN2C)cc1. The molecule has 16 nitrogen and oxygen atoms in total. The summed E-state index contributed by atoms with van der Waals surface area (Å²) in [6.07, 6.45) is -0.245. The summed E-state index contributed by atoms with van der Waals surface area (Å²) in [4.78, 5) is 52.0. The molecule has 2 heterocycles. The van der Waals surface area contributed by atoms with E-state index >= 15 is 0 Å². The van der Waals surface area contributed by atoms with Crippen molar-refractivity contribution in [2.45, 2.75) is 48.8 Å². The van der Waals surface area contributed by atoms with E-state index in [2.05, 4.69) is 15.5 Å². The fraction of sp³-hybridized carbons (Fsp3) is 0.364. The van der Waals surface area contributed by atoms with Crippen molar-refractivity contribution in [1.29, 1.82) is 0 Å². The summed E-state index contributed by atoms with van der Waals surface area (Å²) in [6.45, 7) is 2.25. The number of para-hydroxylation sites is 1. The number of methoxy groups -OCH3 is 3. The Morgan fingerprint density at radius 3 is 2.07 bits per heavy atom. The van der Waals surface area contributed by atoms with Crippen molar-refractivity contribution < 1.29 is 52.0 Å². The molecule has 0 aromatic heterocycles. The number of carbonyl (C=O) groups excluding carboxylic acids is 2. The van der Waals surface area contributed by atoms with Crippen LogP contribution in [0.25, 0.3) is 11.1 Å². The van der Waals surface area contributed by atoms with Crippen molar-refractivity contribution in [2.75, 3.05) is 61.6 Å². The van der Waals surface area contributed by atoms with Gasteiger partial charge in [0.25, 0.3) is 0 Å². The average Bonchev–Trinajstić information content (AvgIpc) is 3.26. The van der Waals surface area contributed by atoms with E-state index in [1.807, 2.05) is 91.8 Å². The zero-order valence-corrected chi connectivity index (χ0v) is 35.7. The van der Waals surface area contributed by atoms with Gasteiger partial charge in [-0.3, -0.25) is 24.1 Å². The molecule has 3 atom stereocenters. The molecule has 0 aliphatic carbocycles. The van der Waals surface area contributed by atoms with E-state index in [1.165, 1.54) is 32.4 Å². The molecule has 17 heteroatoms. The molecule has 2 unspecified atom stereocenters. The Bertz CT molecular complexity index is 2290. The molecule has 0 bridgehead atoms. The molecule has 4 aromatic rings. The zero-order chi connectivity index (χ0) is 44.3. The van der Waals surface area contributed by atoms with Gasteiger partial charge >= 0.3 is 11.9 Å². The number of nitrogens with zero attached hydrogens (tertiary/aromatic N) is 3. The topological polar surface area (TPSA) is 204 Å². The first-order valence-electron chi connectivity index (χ1n) is 19.6. The molecular formula is C44H53N5O11S. The first-order valence-corrected chi connectivity index (χ1v) is 21.0. The Morgan fingerprint density at radius 2 is 1.41 bits per heavy atom. The zero-order valence-electron chi connectivity index (χ0n) is 34.9. The van der Waals surface area contributed by atoms with Crippen LogP contribution in [0.2, 0.25) is 0 Å². The number of benzene rings is 4. The van der Waals surface area contributed by atoms with Gasteiger partial charge in [0.1, 0.15) is 17.8 Å². The number of carboxylic acid groups (broad SMARTS) is 2. The lowest BCUT2D eigenvalue weighted by atomic mass is 9.95. The van der Waals surface area contributed by atoms with E-state index in [0.717, 1.165) is 51.0 Å². The lowest BCUT2D eigenvalue weighted by Crippen LogP contribution is -2.57. The maximum atomic E-state index is 13.5. The molecule has 0 saturated carbocycles. The van der Waals surface area contributed by atoms with Crippen LogP contribution in [0.4, 0.5) is 0 Å². The van der Waals surface area contributed by atoms with Crippen molar-refractivity contribution in [3.8, 4) is 28.4 Å². The molecule has 4 N–H and O–H groups in total. The predicted molar refractivity (Wildman–Crippen MR) is 227 cm³/mol. The van der Waals surface area contributed by atoms with Gasteiger partial charge in [-0.2, -0.15) is 4.31 Å². The number of carboxylic acids is 2. The number of nitrogens with one attached hydrogen (secondary N) is 2. The van der Waals surface area contributed by atoms with Gasteiger partial charge < -0.3 is 40.0 Å². The van der Waals surface area contributed by atoms with Crippen LogP contribution in [0.15, 0.2) is 95.9 Å². The van der Waals surface area contributed by atoms with E-state index in [9.17, 15) is 32.7 Å². The van der Waals surface area contributed by atoms with E-state index in [1.54, 1.807) is 7.11 Å². The van der Waals surface area contributed by atoms with Gasteiger partial charge in [0.2, 0.25) is 21.8 Å². The highest BCUT2D eigenvalue weighted by molar-refractivity contribution is 7.89. The number of hydrogen-bond acceptors (Lipinski definition) is 11.